The first-order chi connectivity index (χ1) is 12.2. The van der Waals surface area contributed by atoms with E-state index in [1.54, 1.807) is 0 Å². The molecule has 0 saturated heterocycles. The molecule has 26 heavy (non-hydrogen) atoms. The third-order valence-electron chi connectivity index (χ3n) is 3.27. The molecule has 138 valence electrons. The Kier molecular flexibility index (Phi) is 5.56. The van der Waals surface area contributed by atoms with Crippen LogP contribution < -0.4 is 4.72 Å². The predicted molar refractivity (Wildman–Crippen MR) is 86.3 cm³/mol. The number of sulfonamides is 1. The molecule has 1 N–H and O–H groups in total. The maximum atomic E-state index is 13.7. The fourth-order valence-corrected chi connectivity index (χ4v) is 3.32. The van der Waals surface area contributed by atoms with E-state index in [9.17, 15) is 26.8 Å². The summed E-state index contributed by atoms with van der Waals surface area (Å²) in [5.74, 6) is -3.75. The molecule has 0 heterocycles. The minimum absolute atomic E-state index is 0.166. The minimum atomic E-state index is -4.57. The van der Waals surface area contributed by atoms with E-state index >= 15 is 0 Å². The summed E-state index contributed by atoms with van der Waals surface area (Å²) in [7, 11) is -2.45. The summed E-state index contributed by atoms with van der Waals surface area (Å²) in [6.07, 6.45) is 0. The summed E-state index contributed by atoms with van der Waals surface area (Å²) in [6.45, 7) is 0. The van der Waals surface area contributed by atoms with E-state index in [2.05, 4.69) is 9.47 Å². The van der Waals surface area contributed by atoms with Gasteiger partial charge in [0.2, 0.25) is 0 Å². The van der Waals surface area contributed by atoms with Crippen molar-refractivity contribution < 1.29 is 36.3 Å². The molecule has 0 saturated carbocycles. The predicted octanol–water partition coefficient (Wildman–Crippen LogP) is 2.34. The molecule has 0 spiro atoms. The number of rotatable bonds is 5. The van der Waals surface area contributed by atoms with Crippen LogP contribution in [0.3, 0.4) is 0 Å². The van der Waals surface area contributed by atoms with Crippen LogP contribution in [0.5, 0.6) is 0 Å². The third-order valence-corrected chi connectivity index (χ3v) is 4.68. The van der Waals surface area contributed by atoms with Gasteiger partial charge in [-0.1, -0.05) is 0 Å². The van der Waals surface area contributed by atoms with Crippen molar-refractivity contribution in [1.29, 1.82) is 0 Å². The molecule has 0 radical (unpaired) electrons. The van der Waals surface area contributed by atoms with Crippen molar-refractivity contribution in [3.8, 4) is 0 Å². The molecule has 0 aromatic heterocycles. The molecule has 2 aromatic rings. The average Bonchev–Trinajstić information content (AvgIpc) is 2.62. The second kappa shape index (κ2) is 7.48. The van der Waals surface area contributed by atoms with Crippen LogP contribution in [-0.4, -0.2) is 34.6 Å². The normalized spacial score (nSPS) is 10.9. The lowest BCUT2D eigenvalue weighted by molar-refractivity contribution is 0.0583. The molecule has 0 bridgehead atoms. The van der Waals surface area contributed by atoms with Gasteiger partial charge in [-0.3, -0.25) is 4.72 Å². The summed E-state index contributed by atoms with van der Waals surface area (Å²) in [5.41, 5.74) is -1.23. The van der Waals surface area contributed by atoms with Crippen LogP contribution >= 0.6 is 0 Å². The maximum Gasteiger partial charge on any atom is 0.339 e. The van der Waals surface area contributed by atoms with Gasteiger partial charge >= 0.3 is 11.9 Å². The first-order valence-electron chi connectivity index (χ1n) is 6.98. The van der Waals surface area contributed by atoms with Gasteiger partial charge in [-0.25, -0.2) is 26.8 Å². The highest BCUT2D eigenvalue weighted by molar-refractivity contribution is 7.92. The quantitative estimate of drug-likeness (QED) is 0.794. The van der Waals surface area contributed by atoms with Gasteiger partial charge in [0.05, 0.1) is 31.0 Å². The number of anilines is 1. The maximum absolute atomic E-state index is 13.7. The largest absolute Gasteiger partial charge is 0.465 e. The van der Waals surface area contributed by atoms with E-state index in [-0.39, 0.29) is 5.56 Å². The Balaban J connectivity index is 2.60. The summed E-state index contributed by atoms with van der Waals surface area (Å²) < 4.78 is 63.1. The van der Waals surface area contributed by atoms with Gasteiger partial charge in [-0.05, 0) is 30.3 Å². The fourth-order valence-electron chi connectivity index (χ4n) is 2.04. The number of hydrogen-bond acceptors (Lipinski definition) is 6. The molecule has 2 rings (SSSR count). The number of hydrogen-bond donors (Lipinski definition) is 1. The Labute approximate surface area is 147 Å². The second-order valence-corrected chi connectivity index (χ2v) is 6.57. The van der Waals surface area contributed by atoms with Gasteiger partial charge in [0, 0.05) is 6.07 Å². The Morgan fingerprint density at radius 2 is 1.62 bits per heavy atom. The average molecular weight is 385 g/mol. The molecule has 7 nitrogen and oxygen atoms in total. The lowest BCUT2D eigenvalue weighted by Crippen LogP contribution is -2.19. The Bertz CT molecular complexity index is 975. The summed E-state index contributed by atoms with van der Waals surface area (Å²) in [4.78, 5) is 22.8. The lowest BCUT2D eigenvalue weighted by Gasteiger charge is -2.13. The van der Waals surface area contributed by atoms with E-state index < -0.39 is 49.7 Å². The van der Waals surface area contributed by atoms with E-state index in [1.807, 2.05) is 4.72 Å². The van der Waals surface area contributed by atoms with Crippen LogP contribution in [0.25, 0.3) is 0 Å². The molecule has 0 atom stereocenters. The van der Waals surface area contributed by atoms with Crippen LogP contribution in [0.2, 0.25) is 0 Å². The summed E-state index contributed by atoms with van der Waals surface area (Å²) in [6, 6.07) is 5.27. The molecule has 0 amide bonds. The molecule has 10 heteroatoms. The van der Waals surface area contributed by atoms with Gasteiger partial charge in [0.15, 0.2) is 0 Å². The highest BCUT2D eigenvalue weighted by atomic mass is 32.2. The number of nitrogens with one attached hydrogen (secondary N) is 1. The standard InChI is InChI=1S/C16H13F2NO6S/c1-24-15(20)9-3-5-11(16(21)25-2)14(7-9)26(22,23)19-13-8-10(17)4-6-12(13)18/h3-8,19H,1-2H3. The summed E-state index contributed by atoms with van der Waals surface area (Å²) >= 11 is 0. The number of carbonyl (C=O) groups is 2. The van der Waals surface area contributed by atoms with Crippen LogP contribution in [-0.2, 0) is 19.5 Å². The molecule has 0 unspecified atom stereocenters. The highest BCUT2D eigenvalue weighted by Gasteiger charge is 2.26. The van der Waals surface area contributed by atoms with E-state index in [4.69, 9.17) is 0 Å². The first kappa shape index (κ1) is 19.3. The van der Waals surface area contributed by atoms with E-state index in [0.29, 0.717) is 6.07 Å². The van der Waals surface area contributed by atoms with Crippen LogP contribution in [0.15, 0.2) is 41.3 Å². The van der Waals surface area contributed by atoms with Crippen molar-refractivity contribution in [2.45, 2.75) is 4.90 Å². The van der Waals surface area contributed by atoms with E-state index in [1.165, 1.54) is 6.07 Å². The monoisotopic (exact) mass is 385 g/mol. The molecule has 0 fully saturated rings. The molecule has 2 aromatic carbocycles. The fraction of sp³-hybridized carbons (Fsp3) is 0.125. The number of ether oxygens (including phenoxy) is 2. The van der Waals surface area contributed by atoms with Crippen molar-refractivity contribution in [3.63, 3.8) is 0 Å². The first-order valence-corrected chi connectivity index (χ1v) is 8.46. The van der Waals surface area contributed by atoms with Gasteiger partial charge < -0.3 is 9.47 Å². The van der Waals surface area contributed by atoms with Crippen LogP contribution in [0, 0.1) is 11.6 Å². The van der Waals surface area contributed by atoms with Gasteiger partial charge in [-0.2, -0.15) is 0 Å². The SMILES string of the molecule is COC(=O)c1ccc(C(=O)OC)c(S(=O)(=O)Nc2cc(F)ccc2F)c1. The Morgan fingerprint density at radius 3 is 2.23 bits per heavy atom. The third kappa shape index (κ3) is 3.97. The Hall–Kier alpha value is -3.01. The molecule has 0 aliphatic carbocycles. The zero-order valence-corrected chi connectivity index (χ0v) is 14.4. The molecular formula is C16H13F2NO6S. The Morgan fingerprint density at radius 1 is 0.962 bits per heavy atom. The molecule has 0 aliphatic rings. The van der Waals surface area contributed by atoms with Gasteiger partial charge in [0.1, 0.15) is 16.5 Å². The van der Waals surface area contributed by atoms with E-state index in [0.717, 1.165) is 38.5 Å². The van der Waals surface area contributed by atoms with Crippen LogP contribution in [0.1, 0.15) is 20.7 Å². The number of benzene rings is 2. The van der Waals surface area contributed by atoms with Crippen molar-refractivity contribution in [2.24, 2.45) is 0 Å². The van der Waals surface area contributed by atoms with Crippen molar-refractivity contribution in [3.05, 3.63) is 59.2 Å². The number of esters is 2. The topological polar surface area (TPSA) is 98.8 Å². The number of methoxy groups -OCH3 is 2. The zero-order chi connectivity index (χ0) is 19.5. The van der Waals surface area contributed by atoms with Gasteiger partial charge in [-0.15, -0.1) is 0 Å². The smallest absolute Gasteiger partial charge is 0.339 e. The van der Waals surface area contributed by atoms with Crippen LogP contribution in [0.4, 0.5) is 14.5 Å². The van der Waals surface area contributed by atoms with Crippen molar-refractivity contribution in [1.82, 2.24) is 0 Å². The number of halogens is 2. The highest BCUT2D eigenvalue weighted by Crippen LogP contribution is 2.24. The van der Waals surface area contributed by atoms with Crippen molar-refractivity contribution in [2.75, 3.05) is 18.9 Å². The zero-order valence-electron chi connectivity index (χ0n) is 13.6. The molecule has 0 aliphatic heterocycles. The van der Waals surface area contributed by atoms with Gasteiger partial charge in [0.25, 0.3) is 10.0 Å². The second-order valence-electron chi connectivity index (χ2n) is 4.92. The molecular weight excluding hydrogens is 372 g/mol. The number of carbonyl (C=O) groups excluding carboxylic acids is 2. The van der Waals surface area contributed by atoms with Crippen molar-refractivity contribution >= 4 is 27.6 Å². The minimum Gasteiger partial charge on any atom is -0.465 e. The summed E-state index contributed by atoms with van der Waals surface area (Å²) in [5, 5.41) is 0. The lowest BCUT2D eigenvalue weighted by atomic mass is 10.1.